The molecule has 128 valence electrons. The van der Waals surface area contributed by atoms with Crippen LogP contribution in [0, 0.1) is 0 Å². The molecule has 2 heterocycles. The van der Waals surface area contributed by atoms with Crippen molar-refractivity contribution in [3.63, 3.8) is 0 Å². The third-order valence-corrected chi connectivity index (χ3v) is 4.63. The number of amides is 1. The van der Waals surface area contributed by atoms with Crippen LogP contribution in [-0.4, -0.2) is 39.8 Å². The highest BCUT2D eigenvalue weighted by atomic mass is 35.5. The van der Waals surface area contributed by atoms with Gasteiger partial charge in [-0.05, 0) is 38.1 Å². The van der Waals surface area contributed by atoms with Gasteiger partial charge in [0.2, 0.25) is 5.82 Å². The summed E-state index contributed by atoms with van der Waals surface area (Å²) in [5.74, 6) is 0.514. The number of aryl methyl sites for hydroxylation is 1. The number of nitrogens with zero attached hydrogens (tertiary/aromatic N) is 3. The van der Waals surface area contributed by atoms with Crippen molar-refractivity contribution in [1.82, 2.24) is 25.4 Å². The quantitative estimate of drug-likeness (QED) is 0.870. The van der Waals surface area contributed by atoms with Crippen molar-refractivity contribution in [1.29, 1.82) is 0 Å². The Kier molecular flexibility index (Phi) is 5.38. The van der Waals surface area contributed by atoms with E-state index in [0.29, 0.717) is 28.0 Å². The van der Waals surface area contributed by atoms with Crippen molar-refractivity contribution >= 4 is 29.1 Å². The van der Waals surface area contributed by atoms with Crippen LogP contribution < -0.4 is 10.6 Å². The maximum Gasteiger partial charge on any atom is 0.291 e. The number of piperidine rings is 1. The van der Waals surface area contributed by atoms with Crippen molar-refractivity contribution in [2.24, 2.45) is 0 Å². The predicted molar refractivity (Wildman–Crippen MR) is 94.1 cm³/mol. The Bertz CT molecular complexity index is 720. The van der Waals surface area contributed by atoms with Crippen LogP contribution in [-0.2, 0) is 6.42 Å². The number of hydrogen-bond acceptors (Lipinski definition) is 4. The van der Waals surface area contributed by atoms with Gasteiger partial charge in [0.15, 0.2) is 0 Å². The third-order valence-electron chi connectivity index (χ3n) is 4.02. The third kappa shape index (κ3) is 3.55. The summed E-state index contributed by atoms with van der Waals surface area (Å²) in [5, 5.41) is 11.5. The van der Waals surface area contributed by atoms with E-state index in [4.69, 9.17) is 23.2 Å². The van der Waals surface area contributed by atoms with Gasteiger partial charge in [0.25, 0.3) is 5.91 Å². The Morgan fingerprint density at radius 3 is 2.62 bits per heavy atom. The Balaban J connectivity index is 1.88. The largest absolute Gasteiger partial charge is 0.346 e. The van der Waals surface area contributed by atoms with E-state index in [0.717, 1.165) is 25.9 Å². The SMILES string of the molecule is CCc1nc(C(=O)NC2CCNCC2)nn1-c1c(Cl)cccc1Cl. The number of aromatic nitrogens is 3. The van der Waals surface area contributed by atoms with E-state index in [1.165, 1.54) is 0 Å². The Morgan fingerprint density at radius 1 is 1.33 bits per heavy atom. The van der Waals surface area contributed by atoms with Gasteiger partial charge in [-0.1, -0.05) is 36.2 Å². The highest BCUT2D eigenvalue weighted by Gasteiger charge is 2.22. The Hall–Kier alpha value is -1.63. The first kappa shape index (κ1) is 17.2. The molecule has 1 aromatic heterocycles. The summed E-state index contributed by atoms with van der Waals surface area (Å²) in [4.78, 5) is 16.8. The maximum absolute atomic E-state index is 12.5. The highest BCUT2D eigenvalue weighted by molar-refractivity contribution is 6.37. The molecule has 1 fully saturated rings. The fourth-order valence-electron chi connectivity index (χ4n) is 2.76. The van der Waals surface area contributed by atoms with Gasteiger partial charge >= 0.3 is 0 Å². The molecule has 0 unspecified atom stereocenters. The summed E-state index contributed by atoms with van der Waals surface area (Å²) in [6.45, 7) is 3.75. The molecule has 2 aromatic rings. The van der Waals surface area contributed by atoms with Gasteiger partial charge in [0.1, 0.15) is 11.5 Å². The first-order chi connectivity index (χ1) is 11.6. The first-order valence-corrected chi connectivity index (χ1v) is 8.77. The van der Waals surface area contributed by atoms with E-state index < -0.39 is 0 Å². The molecule has 1 aliphatic rings. The van der Waals surface area contributed by atoms with Gasteiger partial charge in [0.05, 0.1) is 10.0 Å². The minimum Gasteiger partial charge on any atom is -0.346 e. The van der Waals surface area contributed by atoms with Crippen LogP contribution in [0.3, 0.4) is 0 Å². The zero-order chi connectivity index (χ0) is 17.1. The lowest BCUT2D eigenvalue weighted by Gasteiger charge is -2.22. The molecule has 0 aliphatic carbocycles. The number of nitrogens with one attached hydrogen (secondary N) is 2. The maximum atomic E-state index is 12.5. The molecule has 6 nitrogen and oxygen atoms in total. The highest BCUT2D eigenvalue weighted by Crippen LogP contribution is 2.28. The summed E-state index contributed by atoms with van der Waals surface area (Å²) in [6, 6.07) is 5.39. The molecule has 0 saturated carbocycles. The summed E-state index contributed by atoms with van der Waals surface area (Å²) in [5.41, 5.74) is 0.547. The van der Waals surface area contributed by atoms with Crippen molar-refractivity contribution in [3.05, 3.63) is 39.9 Å². The van der Waals surface area contributed by atoms with Gasteiger partial charge in [-0.3, -0.25) is 4.79 Å². The number of carbonyl (C=O) groups is 1. The molecule has 24 heavy (non-hydrogen) atoms. The lowest BCUT2D eigenvalue weighted by atomic mass is 10.1. The summed E-state index contributed by atoms with van der Waals surface area (Å²) >= 11 is 12.5. The van der Waals surface area contributed by atoms with Crippen LogP contribution in [0.5, 0.6) is 0 Å². The minimum atomic E-state index is -0.265. The monoisotopic (exact) mass is 367 g/mol. The van der Waals surface area contributed by atoms with Crippen molar-refractivity contribution in [2.75, 3.05) is 13.1 Å². The number of benzene rings is 1. The second-order valence-corrected chi connectivity index (χ2v) is 6.50. The fourth-order valence-corrected chi connectivity index (χ4v) is 3.31. The van der Waals surface area contributed by atoms with E-state index in [1.54, 1.807) is 22.9 Å². The molecular weight excluding hydrogens is 349 g/mol. The Morgan fingerprint density at radius 2 is 2.00 bits per heavy atom. The van der Waals surface area contributed by atoms with Gasteiger partial charge < -0.3 is 10.6 Å². The van der Waals surface area contributed by atoms with Crippen LogP contribution in [0.25, 0.3) is 5.69 Å². The zero-order valence-corrected chi connectivity index (χ0v) is 14.9. The van der Waals surface area contributed by atoms with E-state index in [2.05, 4.69) is 20.7 Å². The molecule has 0 spiro atoms. The van der Waals surface area contributed by atoms with Gasteiger partial charge in [-0.2, -0.15) is 0 Å². The molecule has 1 saturated heterocycles. The van der Waals surface area contributed by atoms with Gasteiger partial charge in [-0.15, -0.1) is 5.10 Å². The normalized spacial score (nSPS) is 15.5. The molecule has 0 atom stereocenters. The standard InChI is InChI=1S/C16H19Cl2N5O/c1-2-13-21-15(16(24)20-10-6-8-19-9-7-10)22-23(13)14-11(17)4-3-5-12(14)18/h3-5,10,19H,2,6-9H2,1H3,(H,20,24). The Labute approximate surface area is 150 Å². The zero-order valence-electron chi connectivity index (χ0n) is 13.4. The summed E-state index contributed by atoms with van der Waals surface area (Å²) in [7, 11) is 0. The second-order valence-electron chi connectivity index (χ2n) is 5.68. The average molecular weight is 368 g/mol. The summed E-state index contributed by atoms with van der Waals surface area (Å²) in [6.07, 6.45) is 2.42. The number of rotatable bonds is 4. The molecule has 2 N–H and O–H groups in total. The first-order valence-electron chi connectivity index (χ1n) is 8.02. The number of halogens is 2. The molecule has 1 aromatic carbocycles. The smallest absolute Gasteiger partial charge is 0.291 e. The lowest BCUT2D eigenvalue weighted by Crippen LogP contribution is -2.43. The molecule has 8 heteroatoms. The van der Waals surface area contributed by atoms with E-state index in [9.17, 15) is 4.79 Å². The fraction of sp³-hybridized carbons (Fsp3) is 0.438. The van der Waals surface area contributed by atoms with Crippen LogP contribution in [0.4, 0.5) is 0 Å². The molecule has 1 amide bonds. The van der Waals surface area contributed by atoms with Crippen molar-refractivity contribution in [2.45, 2.75) is 32.2 Å². The average Bonchev–Trinajstić information content (AvgIpc) is 3.00. The van der Waals surface area contributed by atoms with E-state index in [-0.39, 0.29) is 17.8 Å². The molecule has 0 bridgehead atoms. The second kappa shape index (κ2) is 7.51. The van der Waals surface area contributed by atoms with E-state index >= 15 is 0 Å². The molecule has 1 aliphatic heterocycles. The van der Waals surface area contributed by atoms with Crippen LogP contribution in [0.1, 0.15) is 36.2 Å². The van der Waals surface area contributed by atoms with Crippen molar-refractivity contribution in [3.8, 4) is 5.69 Å². The van der Waals surface area contributed by atoms with Crippen molar-refractivity contribution < 1.29 is 4.79 Å². The van der Waals surface area contributed by atoms with Crippen LogP contribution >= 0.6 is 23.2 Å². The molecular formula is C16H19Cl2N5O. The lowest BCUT2D eigenvalue weighted by molar-refractivity contribution is 0.0919. The van der Waals surface area contributed by atoms with Gasteiger partial charge in [0, 0.05) is 12.5 Å². The number of para-hydroxylation sites is 1. The minimum absolute atomic E-state index is 0.140. The molecule has 0 radical (unpaired) electrons. The van der Waals surface area contributed by atoms with Gasteiger partial charge in [-0.25, -0.2) is 9.67 Å². The van der Waals surface area contributed by atoms with E-state index in [1.807, 2.05) is 6.92 Å². The molecule has 3 rings (SSSR count). The topological polar surface area (TPSA) is 71.8 Å². The summed E-state index contributed by atoms with van der Waals surface area (Å²) < 4.78 is 1.56. The number of hydrogen-bond donors (Lipinski definition) is 2. The predicted octanol–water partition coefficient (Wildman–Crippen LogP) is 2.62. The van der Waals surface area contributed by atoms with Crippen LogP contribution in [0.2, 0.25) is 10.0 Å². The number of carbonyl (C=O) groups excluding carboxylic acids is 1. The van der Waals surface area contributed by atoms with Crippen LogP contribution in [0.15, 0.2) is 18.2 Å².